The van der Waals surface area contributed by atoms with Crippen LogP contribution in [-0.2, 0) is 4.79 Å². The first-order chi connectivity index (χ1) is 17.5. The number of amides is 1. The summed E-state index contributed by atoms with van der Waals surface area (Å²) in [4.78, 5) is 24.7. The van der Waals surface area contributed by atoms with E-state index in [9.17, 15) is 24.2 Å². The minimum absolute atomic E-state index is 0.0457. The molecule has 0 saturated carbocycles. The lowest BCUT2D eigenvalue weighted by Crippen LogP contribution is -2.38. The van der Waals surface area contributed by atoms with E-state index in [-0.39, 0.29) is 36.2 Å². The zero-order chi connectivity index (χ0) is 27.2. The fourth-order valence-electron chi connectivity index (χ4n) is 3.41. The molecule has 3 aromatic rings. The third kappa shape index (κ3) is 7.07. The Labute approximate surface area is 214 Å². The number of carbonyl (C=O) groups excluding carboxylic acids is 1. The molecule has 0 spiro atoms. The minimum Gasteiger partial charge on any atom is -0.494 e. The number of nitrogens with one attached hydrogen (secondary N) is 1. The lowest BCUT2D eigenvalue weighted by Gasteiger charge is -2.27. The van der Waals surface area contributed by atoms with Crippen molar-refractivity contribution in [2.75, 3.05) is 13.2 Å². The molecule has 2 aromatic carbocycles. The number of aromatic nitrogens is 2. The third-order valence-corrected chi connectivity index (χ3v) is 6.00. The Morgan fingerprint density at radius 1 is 1.14 bits per heavy atom. The number of benzene rings is 2. The van der Waals surface area contributed by atoms with Crippen molar-refractivity contribution in [2.24, 2.45) is 5.92 Å². The van der Waals surface area contributed by atoms with Crippen molar-refractivity contribution in [3.05, 3.63) is 71.7 Å². The number of halogens is 1. The highest BCUT2D eigenvalue weighted by Gasteiger charge is 2.28. The first-order valence-corrected chi connectivity index (χ1v) is 12.0. The van der Waals surface area contributed by atoms with Crippen LogP contribution in [0.1, 0.15) is 56.2 Å². The zero-order valence-electron chi connectivity index (χ0n) is 21.3. The first kappa shape index (κ1) is 27.7. The van der Waals surface area contributed by atoms with Gasteiger partial charge in [0.2, 0.25) is 5.88 Å². The molecule has 1 amide bonds. The van der Waals surface area contributed by atoms with Gasteiger partial charge in [-0.2, -0.15) is 9.78 Å². The predicted octanol–water partition coefficient (Wildman–Crippen LogP) is 4.14. The van der Waals surface area contributed by atoms with Gasteiger partial charge in [-0.25, -0.2) is 4.39 Å². The molecule has 9 nitrogen and oxygen atoms in total. The zero-order valence-corrected chi connectivity index (χ0v) is 21.3. The van der Waals surface area contributed by atoms with Crippen molar-refractivity contribution in [1.82, 2.24) is 15.1 Å². The number of para-hydroxylation sites is 1. The van der Waals surface area contributed by atoms with Crippen LogP contribution in [-0.4, -0.2) is 50.7 Å². The van der Waals surface area contributed by atoms with Crippen molar-refractivity contribution < 1.29 is 33.7 Å². The van der Waals surface area contributed by atoms with Crippen LogP contribution < -0.4 is 14.8 Å². The number of aliphatic carboxylic acids is 1. The molecule has 10 heteroatoms. The Hall–Kier alpha value is -3.92. The number of rotatable bonds is 12. The molecule has 2 atom stereocenters. The van der Waals surface area contributed by atoms with Gasteiger partial charge in [-0.05, 0) is 49.6 Å². The van der Waals surface area contributed by atoms with Crippen molar-refractivity contribution in [3.63, 3.8) is 0 Å². The molecule has 1 aromatic heterocycles. The summed E-state index contributed by atoms with van der Waals surface area (Å²) < 4.78 is 27.0. The molecule has 0 aliphatic carbocycles. The Morgan fingerprint density at radius 3 is 2.51 bits per heavy atom. The SMILES string of the molecule is CCOc1cccc([C@H](CC(=O)O)NC(=O)c2cc(OC[C@](C)(O)C(C)C)n(-c3ccccc3F)n2)c1. The number of carboxylic acids is 1. The molecule has 3 N–H and O–H groups in total. The van der Waals surface area contributed by atoms with E-state index in [0.29, 0.717) is 17.9 Å². The Balaban J connectivity index is 1.94. The highest BCUT2D eigenvalue weighted by Crippen LogP contribution is 2.26. The number of carboxylic acid groups (broad SMARTS) is 1. The highest BCUT2D eigenvalue weighted by molar-refractivity contribution is 5.93. The molecular formula is C27H32FN3O6. The molecule has 0 radical (unpaired) electrons. The van der Waals surface area contributed by atoms with Gasteiger partial charge < -0.3 is 25.0 Å². The Morgan fingerprint density at radius 2 is 1.86 bits per heavy atom. The van der Waals surface area contributed by atoms with E-state index < -0.39 is 29.3 Å². The topological polar surface area (TPSA) is 123 Å². The van der Waals surface area contributed by atoms with Gasteiger partial charge in [0, 0.05) is 6.07 Å². The van der Waals surface area contributed by atoms with Gasteiger partial charge in [0.1, 0.15) is 23.9 Å². The number of hydrogen-bond donors (Lipinski definition) is 3. The number of ether oxygens (including phenoxy) is 2. The van der Waals surface area contributed by atoms with Crippen LogP contribution in [0.25, 0.3) is 5.69 Å². The number of carbonyl (C=O) groups is 2. The molecule has 37 heavy (non-hydrogen) atoms. The monoisotopic (exact) mass is 513 g/mol. The fraction of sp³-hybridized carbons (Fsp3) is 0.370. The number of hydrogen-bond acceptors (Lipinski definition) is 6. The minimum atomic E-state index is -1.19. The molecule has 0 aliphatic heterocycles. The van der Waals surface area contributed by atoms with Gasteiger partial charge in [-0.3, -0.25) is 9.59 Å². The summed E-state index contributed by atoms with van der Waals surface area (Å²) in [5, 5.41) is 27.0. The second kappa shape index (κ2) is 11.9. The van der Waals surface area contributed by atoms with Crippen molar-refractivity contribution in [1.29, 1.82) is 0 Å². The largest absolute Gasteiger partial charge is 0.494 e. The molecule has 0 unspecified atom stereocenters. The van der Waals surface area contributed by atoms with Gasteiger partial charge in [0.25, 0.3) is 5.91 Å². The molecule has 0 bridgehead atoms. The predicted molar refractivity (Wildman–Crippen MR) is 135 cm³/mol. The summed E-state index contributed by atoms with van der Waals surface area (Å²) in [5.74, 6) is -1.92. The maximum absolute atomic E-state index is 14.6. The van der Waals surface area contributed by atoms with Crippen LogP contribution >= 0.6 is 0 Å². The van der Waals surface area contributed by atoms with Crippen molar-refractivity contribution in [3.8, 4) is 17.3 Å². The smallest absolute Gasteiger partial charge is 0.305 e. The molecule has 198 valence electrons. The summed E-state index contributed by atoms with van der Waals surface area (Å²) >= 11 is 0. The van der Waals surface area contributed by atoms with Gasteiger partial charge in [0.15, 0.2) is 5.69 Å². The maximum atomic E-state index is 14.6. The van der Waals surface area contributed by atoms with Crippen LogP contribution in [0.4, 0.5) is 4.39 Å². The van der Waals surface area contributed by atoms with Crippen LogP contribution in [0, 0.1) is 11.7 Å². The van der Waals surface area contributed by atoms with E-state index in [2.05, 4.69) is 10.4 Å². The van der Waals surface area contributed by atoms with Crippen LogP contribution in [0.2, 0.25) is 0 Å². The quantitative estimate of drug-likeness (QED) is 0.333. The van der Waals surface area contributed by atoms with E-state index in [4.69, 9.17) is 9.47 Å². The molecule has 0 saturated heterocycles. The van der Waals surface area contributed by atoms with E-state index in [1.54, 1.807) is 37.3 Å². The lowest BCUT2D eigenvalue weighted by atomic mass is 9.94. The summed E-state index contributed by atoms with van der Waals surface area (Å²) in [5.41, 5.74) is -0.712. The number of nitrogens with zero attached hydrogens (tertiary/aromatic N) is 2. The summed E-state index contributed by atoms with van der Waals surface area (Å²) in [7, 11) is 0. The molecule has 3 rings (SSSR count). The molecule has 0 aliphatic rings. The lowest BCUT2D eigenvalue weighted by molar-refractivity contribution is -0.137. The van der Waals surface area contributed by atoms with E-state index in [1.165, 1.54) is 24.3 Å². The molecule has 0 fully saturated rings. The highest BCUT2D eigenvalue weighted by atomic mass is 19.1. The maximum Gasteiger partial charge on any atom is 0.305 e. The second-order valence-electron chi connectivity index (χ2n) is 9.16. The molecular weight excluding hydrogens is 481 g/mol. The average molecular weight is 514 g/mol. The second-order valence-corrected chi connectivity index (χ2v) is 9.16. The van der Waals surface area contributed by atoms with E-state index in [1.807, 2.05) is 20.8 Å². The summed E-state index contributed by atoms with van der Waals surface area (Å²) in [6.07, 6.45) is -0.379. The Bertz CT molecular complexity index is 1240. The van der Waals surface area contributed by atoms with Gasteiger partial charge in [0.05, 0.1) is 24.7 Å². The third-order valence-electron chi connectivity index (χ3n) is 6.00. The van der Waals surface area contributed by atoms with Crippen LogP contribution in [0.5, 0.6) is 11.6 Å². The summed E-state index contributed by atoms with van der Waals surface area (Å²) in [6, 6.07) is 13.1. The van der Waals surface area contributed by atoms with E-state index in [0.717, 1.165) is 4.68 Å². The van der Waals surface area contributed by atoms with Gasteiger partial charge in [-0.15, -0.1) is 0 Å². The van der Waals surface area contributed by atoms with E-state index >= 15 is 0 Å². The fourth-order valence-corrected chi connectivity index (χ4v) is 3.41. The van der Waals surface area contributed by atoms with Crippen LogP contribution in [0.3, 0.4) is 0 Å². The van der Waals surface area contributed by atoms with Gasteiger partial charge >= 0.3 is 5.97 Å². The van der Waals surface area contributed by atoms with Gasteiger partial charge in [-0.1, -0.05) is 38.1 Å². The average Bonchev–Trinajstić information content (AvgIpc) is 3.27. The van der Waals surface area contributed by atoms with Crippen molar-refractivity contribution >= 4 is 11.9 Å². The standard InChI is InChI=1S/C27H32FN3O6/c1-5-36-19-10-8-9-18(13-19)21(15-25(32)33)29-26(34)22-14-24(37-16-27(4,35)17(2)3)31(30-22)23-12-7-6-11-20(23)28/h6-14,17,21,35H,5,15-16H2,1-4H3,(H,29,34)(H,32,33)/t21-,27-/m0/s1. The van der Waals surface area contributed by atoms with Crippen molar-refractivity contribution in [2.45, 2.75) is 45.8 Å². The first-order valence-electron chi connectivity index (χ1n) is 12.0. The summed E-state index contributed by atoms with van der Waals surface area (Å²) in [6.45, 7) is 7.41. The molecule has 1 heterocycles. The normalized spacial score (nSPS) is 13.6. The number of aliphatic hydroxyl groups is 1. The van der Waals surface area contributed by atoms with Crippen LogP contribution in [0.15, 0.2) is 54.6 Å². The Kier molecular flexibility index (Phi) is 8.88.